The zero-order valence-electron chi connectivity index (χ0n) is 9.52. The molecule has 1 N–H and O–H groups in total. The molecular weight excluding hydrogens is 258 g/mol. The van der Waals surface area contributed by atoms with Gasteiger partial charge in [-0.2, -0.15) is 0 Å². The van der Waals surface area contributed by atoms with E-state index in [0.29, 0.717) is 23.9 Å². The van der Waals surface area contributed by atoms with Crippen molar-refractivity contribution in [3.05, 3.63) is 29.3 Å². The number of β-amino-alcohol motifs (C(OH)–C–C–N with tert-alkyl or cyclic N) is 1. The summed E-state index contributed by atoms with van der Waals surface area (Å²) in [5.74, 6) is 0.467. The van der Waals surface area contributed by atoms with E-state index in [1.165, 1.54) is 11.8 Å². The first-order valence-corrected chi connectivity index (χ1v) is 6.71. The van der Waals surface area contributed by atoms with E-state index in [2.05, 4.69) is 0 Å². The third-order valence-electron chi connectivity index (χ3n) is 2.59. The molecule has 1 fully saturated rings. The number of aliphatic hydroxyl groups is 1. The van der Waals surface area contributed by atoms with Crippen LogP contribution < -0.4 is 0 Å². The summed E-state index contributed by atoms with van der Waals surface area (Å²) in [5.41, 5.74) is -0.694. The number of thioether (sulfide) groups is 1. The molecule has 0 aliphatic carbocycles. The van der Waals surface area contributed by atoms with Crippen molar-refractivity contribution >= 4 is 29.3 Å². The quantitative estimate of drug-likeness (QED) is 0.855. The molecule has 5 heteroatoms. The Morgan fingerprint density at radius 2 is 2.06 bits per heavy atom. The second-order valence-corrected chi connectivity index (χ2v) is 5.97. The molecule has 0 unspecified atom stereocenters. The minimum atomic E-state index is -0.694. The Kier molecular flexibility index (Phi) is 3.66. The summed E-state index contributed by atoms with van der Waals surface area (Å²) in [7, 11) is 0. The minimum absolute atomic E-state index is 0.0662. The van der Waals surface area contributed by atoms with Gasteiger partial charge in [-0.1, -0.05) is 11.6 Å². The zero-order valence-corrected chi connectivity index (χ0v) is 11.1. The van der Waals surface area contributed by atoms with Crippen LogP contribution in [0.15, 0.2) is 29.2 Å². The Morgan fingerprint density at radius 1 is 1.47 bits per heavy atom. The molecule has 92 valence electrons. The lowest BCUT2D eigenvalue weighted by atomic mass is 9.97. The molecule has 1 aliphatic rings. The van der Waals surface area contributed by atoms with E-state index in [9.17, 15) is 9.90 Å². The highest BCUT2D eigenvalue weighted by Crippen LogP contribution is 2.24. The second-order valence-electron chi connectivity index (χ2n) is 4.49. The van der Waals surface area contributed by atoms with Crippen LogP contribution >= 0.6 is 23.4 Å². The van der Waals surface area contributed by atoms with Gasteiger partial charge in [0.05, 0.1) is 24.4 Å². The fraction of sp³-hybridized carbons (Fsp3) is 0.417. The van der Waals surface area contributed by atoms with Gasteiger partial charge in [-0.05, 0) is 31.2 Å². The topological polar surface area (TPSA) is 40.5 Å². The van der Waals surface area contributed by atoms with Crippen LogP contribution in [0.1, 0.15) is 6.92 Å². The lowest BCUT2D eigenvalue weighted by Gasteiger charge is -2.44. The lowest BCUT2D eigenvalue weighted by molar-refractivity contribution is -0.149. The number of halogens is 1. The third-order valence-corrected chi connectivity index (χ3v) is 3.84. The fourth-order valence-electron chi connectivity index (χ4n) is 1.72. The Bertz CT molecular complexity index is 411. The van der Waals surface area contributed by atoms with Crippen LogP contribution in [0.5, 0.6) is 0 Å². The van der Waals surface area contributed by atoms with Crippen LogP contribution in [0.4, 0.5) is 0 Å². The molecule has 1 saturated heterocycles. The van der Waals surface area contributed by atoms with Gasteiger partial charge in [-0.3, -0.25) is 4.79 Å². The molecule has 0 spiro atoms. The number of hydrogen-bond acceptors (Lipinski definition) is 3. The van der Waals surface area contributed by atoms with Crippen LogP contribution in [-0.2, 0) is 4.79 Å². The number of hydrogen-bond donors (Lipinski definition) is 1. The predicted octanol–water partition coefficient (Wildman–Crippen LogP) is 2.03. The maximum atomic E-state index is 11.7. The van der Waals surface area contributed by atoms with E-state index in [1.807, 2.05) is 24.3 Å². The first-order valence-electron chi connectivity index (χ1n) is 5.35. The van der Waals surface area contributed by atoms with Gasteiger partial charge in [-0.15, -0.1) is 11.8 Å². The highest BCUT2D eigenvalue weighted by Gasteiger charge is 2.38. The van der Waals surface area contributed by atoms with Crippen LogP contribution in [0.25, 0.3) is 0 Å². The SMILES string of the molecule is CC1(O)CN(C(=O)CSc2ccc(Cl)cc2)C1. The molecule has 1 amide bonds. The van der Waals surface area contributed by atoms with Gasteiger partial charge in [-0.25, -0.2) is 0 Å². The maximum Gasteiger partial charge on any atom is 0.233 e. The molecule has 0 radical (unpaired) electrons. The number of carbonyl (C=O) groups excluding carboxylic acids is 1. The maximum absolute atomic E-state index is 11.7. The van der Waals surface area contributed by atoms with Gasteiger partial charge in [0.2, 0.25) is 5.91 Å². The van der Waals surface area contributed by atoms with E-state index >= 15 is 0 Å². The number of benzene rings is 1. The molecule has 0 bridgehead atoms. The average molecular weight is 272 g/mol. The van der Waals surface area contributed by atoms with Crippen molar-refractivity contribution in [2.75, 3.05) is 18.8 Å². The monoisotopic (exact) mass is 271 g/mol. The van der Waals surface area contributed by atoms with Gasteiger partial charge in [0, 0.05) is 9.92 Å². The summed E-state index contributed by atoms with van der Waals surface area (Å²) in [6, 6.07) is 7.41. The molecule has 17 heavy (non-hydrogen) atoms. The van der Waals surface area contributed by atoms with Crippen LogP contribution in [0.2, 0.25) is 5.02 Å². The van der Waals surface area contributed by atoms with Gasteiger partial charge in [0.25, 0.3) is 0 Å². The Balaban J connectivity index is 1.79. The van der Waals surface area contributed by atoms with E-state index in [4.69, 9.17) is 11.6 Å². The molecule has 1 aromatic rings. The minimum Gasteiger partial charge on any atom is -0.386 e. The number of nitrogens with zero attached hydrogens (tertiary/aromatic N) is 1. The largest absolute Gasteiger partial charge is 0.386 e. The number of amides is 1. The van der Waals surface area contributed by atoms with E-state index in [-0.39, 0.29) is 5.91 Å². The molecule has 1 heterocycles. The Labute approximate surface area is 110 Å². The van der Waals surface area contributed by atoms with E-state index in [1.54, 1.807) is 11.8 Å². The zero-order chi connectivity index (χ0) is 12.5. The van der Waals surface area contributed by atoms with Crippen molar-refractivity contribution in [1.82, 2.24) is 4.90 Å². The standard InChI is InChI=1S/C12H14ClNO2S/c1-12(16)7-14(8-12)11(15)6-17-10-4-2-9(13)3-5-10/h2-5,16H,6-8H2,1H3. The molecule has 0 atom stereocenters. The first kappa shape index (κ1) is 12.7. The number of rotatable bonds is 3. The van der Waals surface area contributed by atoms with Gasteiger partial charge >= 0.3 is 0 Å². The summed E-state index contributed by atoms with van der Waals surface area (Å²) in [5, 5.41) is 10.2. The normalized spacial score (nSPS) is 17.7. The highest BCUT2D eigenvalue weighted by atomic mass is 35.5. The lowest BCUT2D eigenvalue weighted by Crippen LogP contribution is -2.62. The van der Waals surface area contributed by atoms with Crippen molar-refractivity contribution < 1.29 is 9.90 Å². The Morgan fingerprint density at radius 3 is 2.59 bits per heavy atom. The van der Waals surface area contributed by atoms with Crippen LogP contribution in [0, 0.1) is 0 Å². The van der Waals surface area contributed by atoms with Crippen LogP contribution in [0.3, 0.4) is 0 Å². The van der Waals surface area contributed by atoms with E-state index in [0.717, 1.165) is 4.90 Å². The third kappa shape index (κ3) is 3.37. The summed E-state index contributed by atoms with van der Waals surface area (Å²) < 4.78 is 0. The van der Waals surface area contributed by atoms with Crippen molar-refractivity contribution in [2.45, 2.75) is 17.4 Å². The molecule has 2 rings (SSSR count). The average Bonchev–Trinajstić information content (AvgIpc) is 2.24. The summed E-state index contributed by atoms with van der Waals surface area (Å²) in [6.07, 6.45) is 0. The fourth-order valence-corrected chi connectivity index (χ4v) is 2.65. The molecular formula is C12H14ClNO2S. The summed E-state index contributed by atoms with van der Waals surface area (Å²) in [4.78, 5) is 14.4. The molecule has 1 aliphatic heterocycles. The second kappa shape index (κ2) is 4.88. The van der Waals surface area contributed by atoms with Crippen molar-refractivity contribution in [3.8, 4) is 0 Å². The summed E-state index contributed by atoms with van der Waals surface area (Å²) >= 11 is 7.26. The number of carbonyl (C=O) groups is 1. The number of likely N-dealkylation sites (tertiary alicyclic amines) is 1. The first-order chi connectivity index (χ1) is 7.96. The van der Waals surface area contributed by atoms with Crippen molar-refractivity contribution in [2.24, 2.45) is 0 Å². The van der Waals surface area contributed by atoms with Crippen molar-refractivity contribution in [1.29, 1.82) is 0 Å². The summed E-state index contributed by atoms with van der Waals surface area (Å²) in [6.45, 7) is 2.61. The van der Waals surface area contributed by atoms with Crippen molar-refractivity contribution in [3.63, 3.8) is 0 Å². The van der Waals surface area contributed by atoms with Gasteiger partial charge in [0.1, 0.15) is 0 Å². The Hall–Kier alpha value is -0.710. The van der Waals surface area contributed by atoms with E-state index < -0.39 is 5.60 Å². The molecule has 1 aromatic carbocycles. The van der Waals surface area contributed by atoms with Gasteiger partial charge < -0.3 is 10.0 Å². The smallest absolute Gasteiger partial charge is 0.233 e. The highest BCUT2D eigenvalue weighted by molar-refractivity contribution is 8.00. The molecule has 0 aromatic heterocycles. The van der Waals surface area contributed by atoms with Crippen LogP contribution in [-0.4, -0.2) is 40.4 Å². The predicted molar refractivity (Wildman–Crippen MR) is 69.4 cm³/mol. The van der Waals surface area contributed by atoms with Gasteiger partial charge in [0.15, 0.2) is 0 Å². The molecule has 3 nitrogen and oxygen atoms in total. The molecule has 0 saturated carbocycles.